The molecule has 0 spiro atoms. The Labute approximate surface area is 202 Å². The molecule has 1 aliphatic heterocycles. The number of aromatic nitrogens is 4. The summed E-state index contributed by atoms with van der Waals surface area (Å²) in [5, 5.41) is 12.1. The van der Waals surface area contributed by atoms with Crippen LogP contribution >= 0.6 is 11.6 Å². The molecule has 2 aromatic carbocycles. The van der Waals surface area contributed by atoms with Crippen molar-refractivity contribution in [3.05, 3.63) is 40.8 Å². The lowest BCUT2D eigenvalue weighted by Crippen LogP contribution is -2.44. The predicted molar refractivity (Wildman–Crippen MR) is 133 cm³/mol. The van der Waals surface area contributed by atoms with Crippen LogP contribution in [0.15, 0.2) is 24.4 Å². The summed E-state index contributed by atoms with van der Waals surface area (Å²) in [7, 11) is 3.92. The van der Waals surface area contributed by atoms with E-state index in [1.165, 1.54) is 0 Å². The van der Waals surface area contributed by atoms with E-state index in [4.69, 9.17) is 16.3 Å². The molecule has 0 saturated carbocycles. The molecule has 10 heteroatoms. The normalized spacial score (nSPS) is 14.5. The van der Waals surface area contributed by atoms with Crippen LogP contribution in [0.4, 0.5) is 10.2 Å². The topological polar surface area (TPSA) is 82.2 Å². The summed E-state index contributed by atoms with van der Waals surface area (Å²) in [6.45, 7) is 6.16. The predicted octanol–water partition coefficient (Wildman–Crippen LogP) is 3.62. The van der Waals surface area contributed by atoms with Gasteiger partial charge >= 0.3 is 6.01 Å². The number of aryl methyl sites for hydroxylation is 1. The second-order valence-electron chi connectivity index (χ2n) is 8.75. The van der Waals surface area contributed by atoms with Crippen molar-refractivity contribution in [1.29, 1.82) is 0 Å². The zero-order valence-corrected chi connectivity index (χ0v) is 20.2. The molecule has 8 nitrogen and oxygen atoms in total. The van der Waals surface area contributed by atoms with E-state index in [1.807, 2.05) is 38.1 Å². The first-order chi connectivity index (χ1) is 16.4. The minimum atomic E-state index is -0.490. The van der Waals surface area contributed by atoms with Gasteiger partial charge in [0.15, 0.2) is 5.82 Å². The number of piperazine rings is 1. The number of hydrogen-bond donors (Lipinski definition) is 2. The number of halogens is 2. The van der Waals surface area contributed by atoms with Gasteiger partial charge in [0.1, 0.15) is 17.9 Å². The summed E-state index contributed by atoms with van der Waals surface area (Å²) in [5.74, 6) is 0.146. The summed E-state index contributed by atoms with van der Waals surface area (Å²) >= 11 is 6.76. The smallest absolute Gasteiger partial charge is 0.319 e. The van der Waals surface area contributed by atoms with Crippen LogP contribution in [0.2, 0.25) is 5.02 Å². The fourth-order valence-corrected chi connectivity index (χ4v) is 4.64. The molecule has 0 unspecified atom stereocenters. The van der Waals surface area contributed by atoms with Crippen molar-refractivity contribution in [2.45, 2.75) is 6.92 Å². The third kappa shape index (κ3) is 4.15. The SMILES string of the molecule is Cc1ccc2[nH]ncc2c1-c1c(Cl)cc2c(N3CCNCC3)nc(OCCN(C)C)nc2c1F. The molecule has 0 amide bonds. The molecular weight excluding hydrogens is 457 g/mol. The number of aromatic amines is 1. The van der Waals surface area contributed by atoms with E-state index in [-0.39, 0.29) is 11.5 Å². The van der Waals surface area contributed by atoms with Crippen LogP contribution in [0.1, 0.15) is 5.56 Å². The minimum absolute atomic E-state index is 0.160. The maximum Gasteiger partial charge on any atom is 0.319 e. The van der Waals surface area contributed by atoms with Crippen molar-refractivity contribution < 1.29 is 9.13 Å². The van der Waals surface area contributed by atoms with Crippen molar-refractivity contribution in [3.63, 3.8) is 0 Å². The van der Waals surface area contributed by atoms with Gasteiger partial charge in [-0.2, -0.15) is 15.1 Å². The van der Waals surface area contributed by atoms with Gasteiger partial charge in [-0.3, -0.25) is 5.10 Å². The van der Waals surface area contributed by atoms with E-state index < -0.39 is 5.82 Å². The van der Waals surface area contributed by atoms with Crippen LogP contribution in [-0.4, -0.2) is 78.5 Å². The third-order valence-corrected chi connectivity index (χ3v) is 6.41. The number of H-pyrrole nitrogens is 1. The maximum atomic E-state index is 16.3. The molecule has 2 aromatic heterocycles. The number of nitrogens with zero attached hydrogens (tertiary/aromatic N) is 5. The number of benzene rings is 2. The molecule has 3 heterocycles. The van der Waals surface area contributed by atoms with Gasteiger partial charge in [-0.05, 0) is 38.7 Å². The van der Waals surface area contributed by atoms with E-state index in [9.17, 15) is 0 Å². The van der Waals surface area contributed by atoms with Gasteiger partial charge < -0.3 is 19.9 Å². The molecule has 34 heavy (non-hydrogen) atoms. The number of rotatable bonds is 6. The van der Waals surface area contributed by atoms with Gasteiger partial charge in [0.2, 0.25) is 0 Å². The minimum Gasteiger partial charge on any atom is -0.462 e. The fraction of sp³-hybridized carbons (Fsp3) is 0.375. The molecule has 0 atom stereocenters. The number of likely N-dealkylation sites (N-methyl/N-ethyl adjacent to an activating group) is 1. The first-order valence-electron chi connectivity index (χ1n) is 11.3. The Morgan fingerprint density at radius 3 is 2.71 bits per heavy atom. The third-order valence-electron chi connectivity index (χ3n) is 6.11. The Bertz CT molecular complexity index is 1350. The highest BCUT2D eigenvalue weighted by Gasteiger charge is 2.25. The summed E-state index contributed by atoms with van der Waals surface area (Å²) in [5.41, 5.74) is 2.92. The van der Waals surface area contributed by atoms with E-state index in [0.29, 0.717) is 40.5 Å². The van der Waals surface area contributed by atoms with Crippen molar-refractivity contribution in [3.8, 4) is 17.1 Å². The number of nitrogens with one attached hydrogen (secondary N) is 2. The van der Waals surface area contributed by atoms with Gasteiger partial charge in [-0.25, -0.2) is 4.39 Å². The highest BCUT2D eigenvalue weighted by atomic mass is 35.5. The lowest BCUT2D eigenvalue weighted by atomic mass is 9.95. The molecule has 0 bridgehead atoms. The van der Waals surface area contributed by atoms with Crippen LogP contribution in [0, 0.1) is 12.7 Å². The molecule has 1 aliphatic rings. The molecule has 0 radical (unpaired) electrons. The standard InChI is InChI=1S/C24H27ClFN7O/c1-14-4-5-18-16(13-28-31-18)19(14)20-17(25)12-15-22(21(20)26)29-24(34-11-10-32(2)3)30-23(15)33-8-6-27-7-9-33/h4-5,12-13,27H,6-11H2,1-3H3,(H,28,31). The summed E-state index contributed by atoms with van der Waals surface area (Å²) in [6.07, 6.45) is 1.69. The number of fused-ring (bicyclic) bond motifs is 2. The van der Waals surface area contributed by atoms with Gasteiger partial charge in [-0.1, -0.05) is 17.7 Å². The molecule has 2 N–H and O–H groups in total. The van der Waals surface area contributed by atoms with Gasteiger partial charge in [0.05, 0.1) is 16.7 Å². The molecule has 1 saturated heterocycles. The van der Waals surface area contributed by atoms with Gasteiger partial charge in [0.25, 0.3) is 0 Å². The van der Waals surface area contributed by atoms with E-state index in [0.717, 1.165) is 42.6 Å². The highest BCUT2D eigenvalue weighted by molar-refractivity contribution is 6.35. The van der Waals surface area contributed by atoms with E-state index >= 15 is 4.39 Å². The molecule has 178 valence electrons. The number of hydrogen-bond acceptors (Lipinski definition) is 7. The van der Waals surface area contributed by atoms with Gasteiger partial charge in [0, 0.05) is 54.6 Å². The maximum absolute atomic E-state index is 16.3. The number of anilines is 1. The van der Waals surface area contributed by atoms with Crippen LogP contribution in [0.25, 0.3) is 32.9 Å². The lowest BCUT2D eigenvalue weighted by Gasteiger charge is -2.29. The second-order valence-corrected chi connectivity index (χ2v) is 9.16. The van der Waals surface area contributed by atoms with Crippen LogP contribution in [0.3, 0.4) is 0 Å². The van der Waals surface area contributed by atoms with Crippen molar-refractivity contribution >= 4 is 39.2 Å². The Balaban J connectivity index is 1.72. The van der Waals surface area contributed by atoms with E-state index in [2.05, 4.69) is 30.4 Å². The summed E-state index contributed by atoms with van der Waals surface area (Å²) in [4.78, 5) is 13.3. The van der Waals surface area contributed by atoms with Crippen LogP contribution in [0.5, 0.6) is 6.01 Å². The Hall–Kier alpha value is -3.01. The van der Waals surface area contributed by atoms with Gasteiger partial charge in [-0.15, -0.1) is 0 Å². The quantitative estimate of drug-likeness (QED) is 0.433. The average molecular weight is 484 g/mol. The zero-order valence-electron chi connectivity index (χ0n) is 19.5. The molecule has 0 aliphatic carbocycles. The largest absolute Gasteiger partial charge is 0.462 e. The first kappa shape index (κ1) is 22.8. The lowest BCUT2D eigenvalue weighted by molar-refractivity contribution is 0.246. The molecule has 4 aromatic rings. The van der Waals surface area contributed by atoms with Crippen LogP contribution in [-0.2, 0) is 0 Å². The Morgan fingerprint density at radius 1 is 1.15 bits per heavy atom. The first-order valence-corrected chi connectivity index (χ1v) is 11.7. The fourth-order valence-electron chi connectivity index (χ4n) is 4.35. The average Bonchev–Trinajstić information content (AvgIpc) is 3.30. The zero-order chi connectivity index (χ0) is 23.8. The summed E-state index contributed by atoms with van der Waals surface area (Å²) in [6, 6.07) is 5.79. The monoisotopic (exact) mass is 483 g/mol. The van der Waals surface area contributed by atoms with Crippen LogP contribution < -0.4 is 15.0 Å². The van der Waals surface area contributed by atoms with Crippen molar-refractivity contribution in [2.24, 2.45) is 0 Å². The molecule has 5 rings (SSSR count). The molecular formula is C24H27ClFN7O. The Morgan fingerprint density at radius 2 is 1.94 bits per heavy atom. The highest BCUT2D eigenvalue weighted by Crippen LogP contribution is 2.42. The summed E-state index contributed by atoms with van der Waals surface area (Å²) < 4.78 is 22.2. The van der Waals surface area contributed by atoms with Crippen molar-refractivity contribution in [2.75, 3.05) is 58.3 Å². The Kier molecular flexibility index (Phi) is 6.24. The number of ether oxygens (including phenoxy) is 1. The van der Waals surface area contributed by atoms with Crippen molar-refractivity contribution in [1.82, 2.24) is 30.4 Å². The van der Waals surface area contributed by atoms with E-state index in [1.54, 1.807) is 12.3 Å². The second kappa shape index (κ2) is 9.32. The molecule has 1 fully saturated rings.